The van der Waals surface area contributed by atoms with Gasteiger partial charge in [-0.05, 0) is 45.4 Å². The van der Waals surface area contributed by atoms with Gasteiger partial charge in [0.05, 0.1) is 24.3 Å². The fraction of sp³-hybridized carbons (Fsp3) is 0.259. The first-order chi connectivity index (χ1) is 15.8. The molecule has 3 aromatic carbocycles. The molecule has 3 rings (SSSR count). The van der Waals surface area contributed by atoms with E-state index in [1.165, 1.54) is 26.0 Å². The lowest BCUT2D eigenvalue weighted by Crippen LogP contribution is -2.11. The fourth-order valence-corrected chi connectivity index (χ4v) is 3.92. The van der Waals surface area contributed by atoms with Gasteiger partial charge in [-0.15, -0.1) is 0 Å². The van der Waals surface area contributed by atoms with Crippen LogP contribution in [0.25, 0.3) is 0 Å². The zero-order valence-electron chi connectivity index (χ0n) is 19.2. The molecule has 0 spiro atoms. The molecule has 0 saturated carbocycles. The minimum absolute atomic E-state index is 0.165. The summed E-state index contributed by atoms with van der Waals surface area (Å²) < 4.78 is 11.7. The topological polar surface area (TPSA) is 93.1 Å². The van der Waals surface area contributed by atoms with Crippen molar-refractivity contribution in [1.82, 2.24) is 0 Å². The highest BCUT2D eigenvalue weighted by Gasteiger charge is 2.28. The molecule has 3 aromatic rings. The van der Waals surface area contributed by atoms with E-state index in [4.69, 9.17) is 9.47 Å². The van der Waals surface area contributed by atoms with Crippen LogP contribution in [0.15, 0.2) is 54.6 Å². The first-order valence-electron chi connectivity index (χ1n) is 10.8. The zero-order chi connectivity index (χ0) is 24.1. The van der Waals surface area contributed by atoms with Gasteiger partial charge in [0.15, 0.2) is 11.6 Å². The lowest BCUT2D eigenvalue weighted by atomic mass is 9.82. The molecular formula is C27H28O6. The van der Waals surface area contributed by atoms with Gasteiger partial charge < -0.3 is 19.7 Å². The number of carbonyl (C=O) groups excluding carboxylic acids is 2. The predicted octanol–water partition coefficient (Wildman–Crippen LogP) is 5.48. The quantitative estimate of drug-likeness (QED) is 0.333. The van der Waals surface area contributed by atoms with Crippen molar-refractivity contribution in [3.63, 3.8) is 0 Å². The lowest BCUT2D eigenvalue weighted by molar-refractivity contribution is 0.100. The number of carbonyl (C=O) groups is 2. The van der Waals surface area contributed by atoms with E-state index in [1.807, 2.05) is 44.2 Å². The van der Waals surface area contributed by atoms with E-state index in [1.54, 1.807) is 12.1 Å². The molecule has 0 aromatic heterocycles. The number of Topliss-reactive ketones (excluding diaryl/α,β-unsaturated/α-hetero) is 2. The highest BCUT2D eigenvalue weighted by Crippen LogP contribution is 2.45. The van der Waals surface area contributed by atoms with Crippen LogP contribution < -0.4 is 9.47 Å². The number of hydrogen-bond donors (Lipinski definition) is 2. The number of hydrogen-bond acceptors (Lipinski definition) is 6. The van der Waals surface area contributed by atoms with Gasteiger partial charge in [0.2, 0.25) is 0 Å². The number of phenols is 2. The van der Waals surface area contributed by atoms with Gasteiger partial charge >= 0.3 is 0 Å². The largest absolute Gasteiger partial charge is 0.507 e. The maximum absolute atomic E-state index is 12.2. The SMILES string of the molecule is CCOc1cc(O)c(C(C)=O)cc1C(c1ccccc1)c1cc(C(C)=O)c(O)cc1OCC. The van der Waals surface area contributed by atoms with Gasteiger partial charge in [-0.2, -0.15) is 0 Å². The minimum Gasteiger partial charge on any atom is -0.507 e. The molecule has 0 unspecified atom stereocenters. The van der Waals surface area contributed by atoms with Crippen LogP contribution in [0, 0.1) is 0 Å². The Balaban J connectivity index is 2.41. The molecule has 2 N–H and O–H groups in total. The van der Waals surface area contributed by atoms with E-state index >= 15 is 0 Å². The maximum Gasteiger partial charge on any atom is 0.163 e. The van der Waals surface area contributed by atoms with E-state index in [0.29, 0.717) is 35.8 Å². The maximum atomic E-state index is 12.2. The minimum atomic E-state index is -0.508. The molecule has 0 saturated heterocycles. The Kier molecular flexibility index (Phi) is 7.38. The molecule has 0 atom stereocenters. The van der Waals surface area contributed by atoms with Crippen LogP contribution in [0.1, 0.15) is 71.0 Å². The Bertz CT molecular complexity index is 1090. The summed E-state index contributed by atoms with van der Waals surface area (Å²) in [6.45, 7) is 7.13. The average Bonchev–Trinajstić information content (AvgIpc) is 2.77. The summed E-state index contributed by atoms with van der Waals surface area (Å²) >= 11 is 0. The summed E-state index contributed by atoms with van der Waals surface area (Å²) in [6.07, 6.45) is 0. The number of rotatable bonds is 9. The second kappa shape index (κ2) is 10.2. The predicted molar refractivity (Wildman–Crippen MR) is 126 cm³/mol. The molecule has 0 amide bonds. The third-order valence-corrected chi connectivity index (χ3v) is 5.37. The van der Waals surface area contributed by atoms with Crippen molar-refractivity contribution in [2.75, 3.05) is 13.2 Å². The van der Waals surface area contributed by atoms with E-state index < -0.39 is 5.92 Å². The van der Waals surface area contributed by atoms with Crippen molar-refractivity contribution in [2.24, 2.45) is 0 Å². The lowest BCUT2D eigenvalue weighted by Gasteiger charge is -2.25. The van der Waals surface area contributed by atoms with Crippen LogP contribution in [0.5, 0.6) is 23.0 Å². The summed E-state index contributed by atoms with van der Waals surface area (Å²) in [6, 6.07) is 15.7. The second-order valence-electron chi connectivity index (χ2n) is 7.64. The molecule has 0 aliphatic rings. The third-order valence-electron chi connectivity index (χ3n) is 5.37. The van der Waals surface area contributed by atoms with E-state index in [0.717, 1.165) is 5.56 Å². The van der Waals surface area contributed by atoms with E-state index in [-0.39, 0.29) is 34.2 Å². The molecule has 172 valence electrons. The van der Waals surface area contributed by atoms with Crippen molar-refractivity contribution in [1.29, 1.82) is 0 Å². The number of aromatic hydroxyl groups is 2. The first-order valence-corrected chi connectivity index (χ1v) is 10.8. The summed E-state index contributed by atoms with van der Waals surface area (Å²) in [5.41, 5.74) is 2.45. The summed E-state index contributed by atoms with van der Waals surface area (Å²) in [7, 11) is 0. The van der Waals surface area contributed by atoms with Crippen molar-refractivity contribution >= 4 is 11.6 Å². The van der Waals surface area contributed by atoms with Crippen LogP contribution in [-0.2, 0) is 0 Å². The van der Waals surface area contributed by atoms with Gasteiger partial charge in [0.25, 0.3) is 0 Å². The Morgan fingerprint density at radius 1 is 0.758 bits per heavy atom. The number of phenolic OH excluding ortho intramolecular Hbond substituents is 2. The number of ketones is 2. The van der Waals surface area contributed by atoms with Crippen LogP contribution in [0.4, 0.5) is 0 Å². The van der Waals surface area contributed by atoms with E-state index in [2.05, 4.69) is 0 Å². The van der Waals surface area contributed by atoms with Crippen molar-refractivity contribution < 1.29 is 29.3 Å². The van der Waals surface area contributed by atoms with Crippen LogP contribution in [-0.4, -0.2) is 35.0 Å². The summed E-state index contributed by atoms with van der Waals surface area (Å²) in [4.78, 5) is 24.5. The van der Waals surface area contributed by atoms with Crippen LogP contribution >= 0.6 is 0 Å². The van der Waals surface area contributed by atoms with Gasteiger partial charge in [-0.25, -0.2) is 0 Å². The molecule has 6 heteroatoms. The number of benzene rings is 3. The highest BCUT2D eigenvalue weighted by atomic mass is 16.5. The average molecular weight is 449 g/mol. The molecule has 0 radical (unpaired) electrons. The Morgan fingerprint density at radius 2 is 1.18 bits per heavy atom. The van der Waals surface area contributed by atoms with Crippen molar-refractivity contribution in [3.8, 4) is 23.0 Å². The standard InChI is InChI=1S/C27H28O6/c1-5-32-25-14-23(30)19(16(3)28)12-21(25)27(18-10-8-7-9-11-18)22-13-20(17(4)29)24(31)15-26(22)33-6-2/h7-15,27,30-31H,5-6H2,1-4H3. The molecule has 0 aliphatic carbocycles. The highest BCUT2D eigenvalue weighted by molar-refractivity contribution is 5.98. The van der Waals surface area contributed by atoms with Crippen LogP contribution in [0.3, 0.4) is 0 Å². The van der Waals surface area contributed by atoms with Gasteiger partial charge in [0.1, 0.15) is 23.0 Å². The molecule has 33 heavy (non-hydrogen) atoms. The Hall–Kier alpha value is -3.80. The molecule has 0 aliphatic heterocycles. The molecule has 0 heterocycles. The van der Waals surface area contributed by atoms with Crippen molar-refractivity contribution in [3.05, 3.63) is 82.4 Å². The summed E-state index contributed by atoms with van der Waals surface area (Å²) in [5.74, 6) is -0.593. The monoisotopic (exact) mass is 448 g/mol. The second-order valence-corrected chi connectivity index (χ2v) is 7.64. The normalized spacial score (nSPS) is 10.8. The molecular weight excluding hydrogens is 420 g/mol. The molecule has 0 bridgehead atoms. The van der Waals surface area contributed by atoms with Crippen molar-refractivity contribution in [2.45, 2.75) is 33.6 Å². The molecule has 6 nitrogen and oxygen atoms in total. The Morgan fingerprint density at radius 3 is 1.55 bits per heavy atom. The Labute approximate surface area is 193 Å². The third kappa shape index (κ3) is 5.00. The first kappa shape index (κ1) is 23.9. The zero-order valence-corrected chi connectivity index (χ0v) is 19.2. The van der Waals surface area contributed by atoms with E-state index in [9.17, 15) is 19.8 Å². The van der Waals surface area contributed by atoms with Gasteiger partial charge in [0, 0.05) is 29.2 Å². The smallest absolute Gasteiger partial charge is 0.163 e. The number of ether oxygens (including phenoxy) is 2. The molecule has 0 fully saturated rings. The van der Waals surface area contributed by atoms with Crippen LogP contribution in [0.2, 0.25) is 0 Å². The van der Waals surface area contributed by atoms with Gasteiger partial charge in [-0.1, -0.05) is 30.3 Å². The van der Waals surface area contributed by atoms with Gasteiger partial charge in [-0.3, -0.25) is 9.59 Å². The summed E-state index contributed by atoms with van der Waals surface area (Å²) in [5, 5.41) is 20.8. The fourth-order valence-electron chi connectivity index (χ4n) is 3.92.